The van der Waals surface area contributed by atoms with E-state index in [4.69, 9.17) is 16.7 Å². The van der Waals surface area contributed by atoms with Crippen LogP contribution >= 0.6 is 11.6 Å². The highest BCUT2D eigenvalue weighted by atomic mass is 35.5. The van der Waals surface area contributed by atoms with Gasteiger partial charge >= 0.3 is 0 Å². The zero-order valence-electron chi connectivity index (χ0n) is 9.33. The lowest BCUT2D eigenvalue weighted by molar-refractivity contribution is -0.384. The van der Waals surface area contributed by atoms with Gasteiger partial charge in [-0.2, -0.15) is 0 Å². The molecule has 0 saturated carbocycles. The van der Waals surface area contributed by atoms with Gasteiger partial charge in [-0.3, -0.25) is 10.1 Å². The summed E-state index contributed by atoms with van der Waals surface area (Å²) in [6.07, 6.45) is 0. The molecule has 0 amide bonds. The minimum atomic E-state index is -0.801. The van der Waals surface area contributed by atoms with Gasteiger partial charge in [0.05, 0.1) is 22.1 Å². The second kappa shape index (κ2) is 4.85. The summed E-state index contributed by atoms with van der Waals surface area (Å²) in [4.78, 5) is 10.1. The molecule has 2 N–H and O–H groups in total. The van der Waals surface area contributed by atoms with Crippen molar-refractivity contribution in [3.63, 3.8) is 0 Å². The first-order chi connectivity index (χ1) is 7.76. The third-order valence-electron chi connectivity index (χ3n) is 2.10. The third kappa shape index (κ3) is 3.28. The van der Waals surface area contributed by atoms with Crippen LogP contribution in [0, 0.1) is 15.9 Å². The normalized spacial score (nSPS) is 11.4. The molecule has 1 aromatic rings. The zero-order valence-corrected chi connectivity index (χ0v) is 10.1. The van der Waals surface area contributed by atoms with E-state index < -0.39 is 16.3 Å². The van der Waals surface area contributed by atoms with E-state index >= 15 is 0 Å². The molecule has 1 rings (SSSR count). The molecule has 0 spiro atoms. The molecule has 0 fully saturated rings. The van der Waals surface area contributed by atoms with E-state index in [9.17, 15) is 14.5 Å². The predicted molar refractivity (Wildman–Crippen MR) is 62.9 cm³/mol. The van der Waals surface area contributed by atoms with E-state index in [1.165, 1.54) is 0 Å². The molecule has 0 atom stereocenters. The Morgan fingerprint density at radius 2 is 2.18 bits per heavy atom. The fraction of sp³-hybridized carbons (Fsp3) is 0.400. The van der Waals surface area contributed by atoms with Gasteiger partial charge in [0.1, 0.15) is 11.5 Å². The van der Waals surface area contributed by atoms with Crippen LogP contribution in [-0.4, -0.2) is 22.2 Å². The van der Waals surface area contributed by atoms with Crippen LogP contribution in [0.5, 0.6) is 0 Å². The maximum absolute atomic E-state index is 13.2. The number of nitrogens with one attached hydrogen (secondary N) is 1. The van der Waals surface area contributed by atoms with Gasteiger partial charge < -0.3 is 10.4 Å². The Hall–Kier alpha value is -1.40. The van der Waals surface area contributed by atoms with Gasteiger partial charge in [0.25, 0.3) is 5.69 Å². The molecule has 7 heteroatoms. The first-order valence-electron chi connectivity index (χ1n) is 4.79. The minimum Gasteiger partial charge on any atom is -0.394 e. The van der Waals surface area contributed by atoms with Crippen LogP contribution in [0.1, 0.15) is 13.8 Å². The molecule has 0 aromatic heterocycles. The van der Waals surface area contributed by atoms with Gasteiger partial charge in [0.15, 0.2) is 0 Å². The van der Waals surface area contributed by atoms with Crippen LogP contribution in [0.15, 0.2) is 12.1 Å². The summed E-state index contributed by atoms with van der Waals surface area (Å²) in [5, 5.41) is 22.2. The fourth-order valence-corrected chi connectivity index (χ4v) is 1.35. The second-order valence-corrected chi connectivity index (χ2v) is 4.61. The molecule has 0 aliphatic heterocycles. The predicted octanol–water partition coefficient (Wildman–Crippen LogP) is 2.57. The Morgan fingerprint density at radius 1 is 1.59 bits per heavy atom. The number of anilines is 1. The number of hydrogen-bond acceptors (Lipinski definition) is 4. The first-order valence-corrected chi connectivity index (χ1v) is 5.17. The molecule has 94 valence electrons. The SMILES string of the molecule is CC(C)(CO)Nc1cc(F)c(Cl)cc1[N+](=O)[O-]. The Balaban J connectivity index is 3.22. The smallest absolute Gasteiger partial charge is 0.294 e. The van der Waals surface area contributed by atoms with Crippen molar-refractivity contribution in [1.82, 2.24) is 0 Å². The van der Waals surface area contributed by atoms with Gasteiger partial charge in [-0.15, -0.1) is 0 Å². The lowest BCUT2D eigenvalue weighted by Crippen LogP contribution is -2.35. The molecule has 0 radical (unpaired) electrons. The molecule has 0 unspecified atom stereocenters. The van der Waals surface area contributed by atoms with E-state index in [-0.39, 0.29) is 23.0 Å². The number of halogens is 2. The summed E-state index contributed by atoms with van der Waals surface area (Å²) in [5.74, 6) is -0.756. The van der Waals surface area contributed by atoms with Crippen molar-refractivity contribution in [2.75, 3.05) is 11.9 Å². The Kier molecular flexibility index (Phi) is 3.90. The van der Waals surface area contributed by atoms with E-state index in [1.54, 1.807) is 13.8 Å². The number of aliphatic hydroxyl groups is 1. The van der Waals surface area contributed by atoms with Gasteiger partial charge in [-0.25, -0.2) is 4.39 Å². The molecule has 0 bridgehead atoms. The third-order valence-corrected chi connectivity index (χ3v) is 2.39. The van der Waals surface area contributed by atoms with Crippen LogP contribution in [0.4, 0.5) is 15.8 Å². The second-order valence-electron chi connectivity index (χ2n) is 4.21. The van der Waals surface area contributed by atoms with Gasteiger partial charge in [-0.05, 0) is 13.8 Å². The standard InChI is InChI=1S/C10H12ClFN2O3/c1-10(2,5-15)13-8-4-7(12)6(11)3-9(8)14(16)17/h3-4,13,15H,5H2,1-2H3. The summed E-state index contributed by atoms with van der Waals surface area (Å²) in [6, 6.07) is 1.88. The Bertz CT molecular complexity index is 451. The molecule has 1 aromatic carbocycles. The number of nitrogens with zero attached hydrogens (tertiary/aromatic N) is 1. The maximum Gasteiger partial charge on any atom is 0.294 e. The van der Waals surface area contributed by atoms with Gasteiger partial charge in [0.2, 0.25) is 0 Å². The number of nitro groups is 1. The van der Waals surface area contributed by atoms with Crippen LogP contribution in [0.2, 0.25) is 5.02 Å². The lowest BCUT2D eigenvalue weighted by Gasteiger charge is -2.24. The van der Waals surface area contributed by atoms with Crippen LogP contribution in [0.3, 0.4) is 0 Å². The van der Waals surface area contributed by atoms with E-state index in [0.29, 0.717) is 0 Å². The number of nitro benzene ring substituents is 1. The average molecular weight is 263 g/mol. The molecular weight excluding hydrogens is 251 g/mol. The number of hydrogen-bond donors (Lipinski definition) is 2. The zero-order chi connectivity index (χ0) is 13.2. The van der Waals surface area contributed by atoms with Crippen molar-refractivity contribution in [2.45, 2.75) is 19.4 Å². The van der Waals surface area contributed by atoms with E-state index in [1.807, 2.05) is 0 Å². The van der Waals surface area contributed by atoms with Gasteiger partial charge in [0, 0.05) is 12.1 Å². The first kappa shape index (κ1) is 13.7. The van der Waals surface area contributed by atoms with Crippen molar-refractivity contribution < 1.29 is 14.4 Å². The van der Waals surface area contributed by atoms with Crippen LogP contribution in [0.25, 0.3) is 0 Å². The maximum atomic E-state index is 13.2. The van der Waals surface area contributed by atoms with E-state index in [0.717, 1.165) is 12.1 Å². The largest absolute Gasteiger partial charge is 0.394 e. The molecule has 0 saturated heterocycles. The highest BCUT2D eigenvalue weighted by Crippen LogP contribution is 2.32. The van der Waals surface area contributed by atoms with Crippen molar-refractivity contribution in [3.05, 3.63) is 33.1 Å². The van der Waals surface area contributed by atoms with Crippen LogP contribution < -0.4 is 5.32 Å². The lowest BCUT2D eigenvalue weighted by atomic mass is 10.1. The van der Waals surface area contributed by atoms with Crippen molar-refractivity contribution in [1.29, 1.82) is 0 Å². The quantitative estimate of drug-likeness (QED) is 0.646. The number of aliphatic hydroxyl groups excluding tert-OH is 1. The Labute approximate surface area is 102 Å². The van der Waals surface area contributed by atoms with Crippen molar-refractivity contribution >= 4 is 23.0 Å². The number of rotatable bonds is 4. The van der Waals surface area contributed by atoms with Gasteiger partial charge in [-0.1, -0.05) is 11.6 Å². The Morgan fingerprint density at radius 3 is 2.65 bits per heavy atom. The summed E-state index contributed by atoms with van der Waals surface area (Å²) in [5.41, 5.74) is -1.15. The van der Waals surface area contributed by atoms with E-state index in [2.05, 4.69) is 5.32 Å². The monoisotopic (exact) mass is 262 g/mol. The number of benzene rings is 1. The molecular formula is C10H12ClFN2O3. The summed E-state index contributed by atoms with van der Waals surface area (Å²) >= 11 is 5.48. The molecule has 0 aliphatic carbocycles. The highest BCUT2D eigenvalue weighted by Gasteiger charge is 2.23. The summed E-state index contributed by atoms with van der Waals surface area (Å²) in [6.45, 7) is 3.00. The fourth-order valence-electron chi connectivity index (χ4n) is 1.19. The summed E-state index contributed by atoms with van der Waals surface area (Å²) < 4.78 is 13.2. The molecule has 5 nitrogen and oxygen atoms in total. The highest BCUT2D eigenvalue weighted by molar-refractivity contribution is 6.31. The average Bonchev–Trinajstić information content (AvgIpc) is 2.22. The van der Waals surface area contributed by atoms with Crippen molar-refractivity contribution in [3.8, 4) is 0 Å². The molecule has 0 aliphatic rings. The topological polar surface area (TPSA) is 75.4 Å². The molecule has 0 heterocycles. The molecule has 17 heavy (non-hydrogen) atoms. The van der Waals surface area contributed by atoms with Crippen molar-refractivity contribution in [2.24, 2.45) is 0 Å². The van der Waals surface area contributed by atoms with Crippen LogP contribution in [-0.2, 0) is 0 Å². The minimum absolute atomic E-state index is 0.0176. The summed E-state index contributed by atoms with van der Waals surface area (Å²) in [7, 11) is 0.